The maximum atomic E-state index is 12.0. The van der Waals surface area contributed by atoms with Crippen LogP contribution in [-0.4, -0.2) is 18.0 Å². The van der Waals surface area contributed by atoms with Gasteiger partial charge in [-0.15, -0.1) is 0 Å². The summed E-state index contributed by atoms with van der Waals surface area (Å²) in [5, 5.41) is 3.08. The van der Waals surface area contributed by atoms with E-state index in [2.05, 4.69) is 24.4 Å². The zero-order chi connectivity index (χ0) is 13.7. The molecule has 104 valence electrons. The highest BCUT2D eigenvalue weighted by molar-refractivity contribution is 5.78. The lowest BCUT2D eigenvalue weighted by Crippen LogP contribution is -2.49. The number of benzene rings is 1. The SMILES string of the molecule is CCc1ccc(CC(=O)NC2CCCCC2N)cc1. The van der Waals surface area contributed by atoms with Crippen molar-refractivity contribution in [3.63, 3.8) is 0 Å². The summed E-state index contributed by atoms with van der Waals surface area (Å²) in [6, 6.07) is 8.55. The van der Waals surface area contributed by atoms with Gasteiger partial charge in [0.05, 0.1) is 6.42 Å². The minimum atomic E-state index is 0.0894. The van der Waals surface area contributed by atoms with E-state index in [1.807, 2.05) is 12.1 Å². The molecule has 1 aliphatic rings. The lowest BCUT2D eigenvalue weighted by Gasteiger charge is -2.29. The van der Waals surface area contributed by atoms with Gasteiger partial charge in [-0.25, -0.2) is 0 Å². The molecule has 0 saturated heterocycles. The Bertz CT molecular complexity index is 413. The summed E-state index contributed by atoms with van der Waals surface area (Å²) in [5.41, 5.74) is 8.42. The topological polar surface area (TPSA) is 55.1 Å². The highest BCUT2D eigenvalue weighted by Crippen LogP contribution is 2.17. The molecule has 0 spiro atoms. The van der Waals surface area contributed by atoms with E-state index in [1.54, 1.807) is 0 Å². The number of aryl methyl sites for hydroxylation is 1. The smallest absolute Gasteiger partial charge is 0.224 e. The van der Waals surface area contributed by atoms with E-state index in [-0.39, 0.29) is 18.0 Å². The summed E-state index contributed by atoms with van der Waals surface area (Å²) in [7, 11) is 0. The highest BCUT2D eigenvalue weighted by Gasteiger charge is 2.23. The minimum Gasteiger partial charge on any atom is -0.352 e. The van der Waals surface area contributed by atoms with Crippen LogP contribution in [-0.2, 0) is 17.6 Å². The Morgan fingerprint density at radius 1 is 1.21 bits per heavy atom. The van der Waals surface area contributed by atoms with Crippen LogP contribution in [0.25, 0.3) is 0 Å². The summed E-state index contributed by atoms with van der Waals surface area (Å²) < 4.78 is 0. The Kier molecular flexibility index (Phi) is 4.97. The van der Waals surface area contributed by atoms with Crippen molar-refractivity contribution in [2.75, 3.05) is 0 Å². The van der Waals surface area contributed by atoms with Crippen LogP contribution in [0.2, 0.25) is 0 Å². The molecule has 0 heterocycles. The van der Waals surface area contributed by atoms with E-state index < -0.39 is 0 Å². The molecule has 2 atom stereocenters. The zero-order valence-corrected chi connectivity index (χ0v) is 11.7. The van der Waals surface area contributed by atoms with Gasteiger partial charge in [0.25, 0.3) is 0 Å². The third-order valence-corrected chi connectivity index (χ3v) is 3.96. The van der Waals surface area contributed by atoms with Crippen LogP contribution in [0.5, 0.6) is 0 Å². The van der Waals surface area contributed by atoms with E-state index >= 15 is 0 Å². The van der Waals surface area contributed by atoms with Gasteiger partial charge < -0.3 is 11.1 Å². The first-order valence-corrected chi connectivity index (χ1v) is 7.32. The van der Waals surface area contributed by atoms with Crippen molar-refractivity contribution in [2.45, 2.75) is 57.5 Å². The van der Waals surface area contributed by atoms with Crippen LogP contribution in [0.15, 0.2) is 24.3 Å². The van der Waals surface area contributed by atoms with Gasteiger partial charge in [-0.05, 0) is 30.4 Å². The molecule has 1 aliphatic carbocycles. The van der Waals surface area contributed by atoms with Gasteiger partial charge in [-0.1, -0.05) is 44.0 Å². The Morgan fingerprint density at radius 3 is 2.47 bits per heavy atom. The van der Waals surface area contributed by atoms with Gasteiger partial charge in [0, 0.05) is 12.1 Å². The molecule has 0 radical (unpaired) electrons. The summed E-state index contributed by atoms with van der Waals surface area (Å²) in [4.78, 5) is 12.0. The Balaban J connectivity index is 1.86. The maximum absolute atomic E-state index is 12.0. The Labute approximate surface area is 115 Å². The molecule has 1 aromatic rings. The first-order valence-electron chi connectivity index (χ1n) is 7.32. The number of nitrogens with one attached hydrogen (secondary N) is 1. The normalized spacial score (nSPS) is 23.1. The van der Waals surface area contributed by atoms with E-state index in [9.17, 15) is 4.79 Å². The molecular formula is C16H24N2O. The molecule has 0 aromatic heterocycles. The van der Waals surface area contributed by atoms with Gasteiger partial charge in [0.1, 0.15) is 0 Å². The minimum absolute atomic E-state index is 0.0894. The molecule has 1 fully saturated rings. The molecule has 2 rings (SSSR count). The van der Waals surface area contributed by atoms with Crippen molar-refractivity contribution in [3.8, 4) is 0 Å². The second-order valence-electron chi connectivity index (χ2n) is 5.47. The lowest BCUT2D eigenvalue weighted by atomic mass is 9.91. The van der Waals surface area contributed by atoms with Crippen molar-refractivity contribution >= 4 is 5.91 Å². The average molecular weight is 260 g/mol. The number of rotatable bonds is 4. The van der Waals surface area contributed by atoms with Crippen LogP contribution >= 0.6 is 0 Å². The molecule has 0 aliphatic heterocycles. The molecule has 1 saturated carbocycles. The number of hydrogen-bond acceptors (Lipinski definition) is 2. The Hall–Kier alpha value is -1.35. The fraction of sp³-hybridized carbons (Fsp3) is 0.562. The van der Waals surface area contributed by atoms with E-state index in [0.717, 1.165) is 24.8 Å². The second-order valence-corrected chi connectivity index (χ2v) is 5.47. The van der Waals surface area contributed by atoms with Crippen molar-refractivity contribution < 1.29 is 4.79 Å². The predicted octanol–water partition coefficient (Wildman–Crippen LogP) is 2.18. The zero-order valence-electron chi connectivity index (χ0n) is 11.7. The monoisotopic (exact) mass is 260 g/mol. The van der Waals surface area contributed by atoms with E-state index in [1.165, 1.54) is 18.4 Å². The predicted molar refractivity (Wildman–Crippen MR) is 77.9 cm³/mol. The van der Waals surface area contributed by atoms with Crippen molar-refractivity contribution in [2.24, 2.45) is 5.73 Å². The molecule has 3 N–H and O–H groups in total. The number of amides is 1. The van der Waals surface area contributed by atoms with Gasteiger partial charge in [-0.2, -0.15) is 0 Å². The summed E-state index contributed by atoms with van der Waals surface area (Å²) in [6.07, 6.45) is 5.88. The summed E-state index contributed by atoms with van der Waals surface area (Å²) >= 11 is 0. The van der Waals surface area contributed by atoms with E-state index in [4.69, 9.17) is 5.73 Å². The Morgan fingerprint density at radius 2 is 1.84 bits per heavy atom. The maximum Gasteiger partial charge on any atom is 0.224 e. The van der Waals surface area contributed by atoms with Crippen LogP contribution in [0, 0.1) is 0 Å². The number of carbonyl (C=O) groups excluding carboxylic acids is 1. The third-order valence-electron chi connectivity index (χ3n) is 3.96. The molecule has 19 heavy (non-hydrogen) atoms. The van der Waals surface area contributed by atoms with Crippen molar-refractivity contribution in [3.05, 3.63) is 35.4 Å². The first kappa shape index (κ1) is 14.1. The average Bonchev–Trinajstić information content (AvgIpc) is 2.42. The van der Waals surface area contributed by atoms with Gasteiger partial charge >= 0.3 is 0 Å². The number of carbonyl (C=O) groups is 1. The first-order chi connectivity index (χ1) is 9.19. The molecule has 3 heteroatoms. The third kappa shape index (κ3) is 4.06. The molecule has 3 nitrogen and oxygen atoms in total. The van der Waals surface area contributed by atoms with Crippen LogP contribution in [0.1, 0.15) is 43.7 Å². The van der Waals surface area contributed by atoms with Gasteiger partial charge in [-0.3, -0.25) is 4.79 Å². The van der Waals surface area contributed by atoms with Crippen LogP contribution < -0.4 is 11.1 Å². The van der Waals surface area contributed by atoms with Crippen molar-refractivity contribution in [1.82, 2.24) is 5.32 Å². The van der Waals surface area contributed by atoms with Crippen LogP contribution in [0.3, 0.4) is 0 Å². The molecule has 0 bridgehead atoms. The van der Waals surface area contributed by atoms with Gasteiger partial charge in [0.2, 0.25) is 5.91 Å². The fourth-order valence-electron chi connectivity index (χ4n) is 2.67. The van der Waals surface area contributed by atoms with Crippen LogP contribution in [0.4, 0.5) is 0 Å². The standard InChI is InChI=1S/C16H24N2O/c1-2-12-7-9-13(10-8-12)11-16(19)18-15-6-4-3-5-14(15)17/h7-10,14-15H,2-6,11,17H2,1H3,(H,18,19). The lowest BCUT2D eigenvalue weighted by molar-refractivity contribution is -0.121. The van der Waals surface area contributed by atoms with E-state index in [0.29, 0.717) is 6.42 Å². The highest BCUT2D eigenvalue weighted by atomic mass is 16.1. The fourth-order valence-corrected chi connectivity index (χ4v) is 2.67. The molecule has 1 aromatic carbocycles. The molecule has 1 amide bonds. The number of hydrogen-bond donors (Lipinski definition) is 2. The quantitative estimate of drug-likeness (QED) is 0.872. The van der Waals surface area contributed by atoms with Gasteiger partial charge in [0.15, 0.2) is 0 Å². The largest absolute Gasteiger partial charge is 0.352 e. The van der Waals surface area contributed by atoms with Crippen molar-refractivity contribution in [1.29, 1.82) is 0 Å². The number of nitrogens with two attached hydrogens (primary N) is 1. The second kappa shape index (κ2) is 6.71. The summed E-state index contributed by atoms with van der Waals surface area (Å²) in [5.74, 6) is 0.0894. The molecular weight excluding hydrogens is 236 g/mol. The molecule has 2 unspecified atom stereocenters. The summed E-state index contributed by atoms with van der Waals surface area (Å²) in [6.45, 7) is 2.13.